The summed E-state index contributed by atoms with van der Waals surface area (Å²) in [4.78, 5) is 4.03. The maximum Gasteiger partial charge on any atom is 0.137 e. The van der Waals surface area contributed by atoms with Gasteiger partial charge >= 0.3 is 0 Å². The molecule has 0 fully saturated rings. The van der Waals surface area contributed by atoms with Crippen LogP contribution in [-0.2, 0) is 0 Å². The number of nitrogens with two attached hydrogens (primary N) is 1. The minimum Gasteiger partial charge on any atom is -0.495 e. The van der Waals surface area contributed by atoms with E-state index < -0.39 is 11.9 Å². The summed E-state index contributed by atoms with van der Waals surface area (Å²) in [5.41, 5.74) is 3.60. The van der Waals surface area contributed by atoms with Crippen molar-refractivity contribution in [3.05, 3.63) is 58.6 Å². The van der Waals surface area contributed by atoms with Crippen LogP contribution in [0.3, 0.4) is 0 Å². The molecule has 100 valence electrons. The van der Waals surface area contributed by atoms with Crippen molar-refractivity contribution in [2.45, 2.75) is 6.04 Å². The predicted octanol–water partition coefficient (Wildman–Crippen LogP) is 2.44. The zero-order chi connectivity index (χ0) is 13.8. The fourth-order valence-corrected chi connectivity index (χ4v) is 1.99. The molecule has 0 radical (unpaired) electrons. The van der Waals surface area contributed by atoms with Crippen LogP contribution in [0.5, 0.6) is 5.75 Å². The Kier molecular flexibility index (Phi) is 4.31. The number of nitrogens with zero attached hydrogens (tertiary/aromatic N) is 1. The SMILES string of the molecule is COc1cncc(C(NN)c2cc(Cl)ccc2F)c1. The van der Waals surface area contributed by atoms with Gasteiger partial charge in [-0.15, -0.1) is 0 Å². The van der Waals surface area contributed by atoms with Crippen molar-refractivity contribution in [3.8, 4) is 5.75 Å². The van der Waals surface area contributed by atoms with Gasteiger partial charge in [-0.1, -0.05) is 11.6 Å². The molecule has 0 saturated carbocycles. The molecule has 0 amide bonds. The second kappa shape index (κ2) is 5.97. The Morgan fingerprint density at radius 2 is 2.16 bits per heavy atom. The number of methoxy groups -OCH3 is 1. The van der Waals surface area contributed by atoms with Crippen molar-refractivity contribution >= 4 is 11.6 Å². The molecular weight excluding hydrogens is 269 g/mol. The van der Waals surface area contributed by atoms with Gasteiger partial charge in [-0.3, -0.25) is 10.8 Å². The Labute approximate surface area is 115 Å². The zero-order valence-electron chi connectivity index (χ0n) is 10.2. The van der Waals surface area contributed by atoms with Gasteiger partial charge in [0.25, 0.3) is 0 Å². The van der Waals surface area contributed by atoms with Crippen LogP contribution in [0.2, 0.25) is 5.02 Å². The molecule has 3 N–H and O–H groups in total. The predicted molar refractivity (Wildman–Crippen MR) is 71.4 cm³/mol. The largest absolute Gasteiger partial charge is 0.495 e. The van der Waals surface area contributed by atoms with Gasteiger partial charge in [0.05, 0.1) is 19.3 Å². The van der Waals surface area contributed by atoms with Crippen LogP contribution in [0.25, 0.3) is 0 Å². The smallest absolute Gasteiger partial charge is 0.137 e. The van der Waals surface area contributed by atoms with Crippen LogP contribution in [0, 0.1) is 5.82 Å². The monoisotopic (exact) mass is 281 g/mol. The lowest BCUT2D eigenvalue weighted by Gasteiger charge is -2.18. The highest BCUT2D eigenvalue weighted by molar-refractivity contribution is 6.30. The van der Waals surface area contributed by atoms with E-state index in [9.17, 15) is 4.39 Å². The summed E-state index contributed by atoms with van der Waals surface area (Å²) in [6.45, 7) is 0. The molecule has 0 bridgehead atoms. The van der Waals surface area contributed by atoms with E-state index in [1.54, 1.807) is 18.5 Å². The summed E-state index contributed by atoms with van der Waals surface area (Å²) >= 11 is 5.89. The van der Waals surface area contributed by atoms with Crippen molar-refractivity contribution in [1.29, 1.82) is 0 Å². The number of aromatic nitrogens is 1. The number of pyridine rings is 1. The number of hydrogen-bond acceptors (Lipinski definition) is 4. The highest BCUT2D eigenvalue weighted by Crippen LogP contribution is 2.27. The first-order chi connectivity index (χ1) is 9.15. The Hall–Kier alpha value is -1.69. The molecular formula is C13H13ClFN3O. The van der Waals surface area contributed by atoms with Crippen molar-refractivity contribution in [1.82, 2.24) is 10.4 Å². The Morgan fingerprint density at radius 3 is 2.84 bits per heavy atom. The molecule has 1 heterocycles. The van der Waals surface area contributed by atoms with Crippen LogP contribution < -0.4 is 16.0 Å². The molecule has 0 aliphatic heterocycles. The molecule has 1 aromatic carbocycles. The number of benzene rings is 1. The average Bonchev–Trinajstić information content (AvgIpc) is 2.44. The highest BCUT2D eigenvalue weighted by atomic mass is 35.5. The number of hydrazine groups is 1. The molecule has 2 rings (SSSR count). The third kappa shape index (κ3) is 3.01. The normalized spacial score (nSPS) is 12.2. The van der Waals surface area contributed by atoms with Gasteiger partial charge in [-0.05, 0) is 29.8 Å². The minimum absolute atomic E-state index is 0.352. The zero-order valence-corrected chi connectivity index (χ0v) is 11.0. The van der Waals surface area contributed by atoms with Crippen LogP contribution in [0.1, 0.15) is 17.2 Å². The van der Waals surface area contributed by atoms with Crippen molar-refractivity contribution in [2.24, 2.45) is 5.84 Å². The molecule has 19 heavy (non-hydrogen) atoms. The third-order valence-electron chi connectivity index (χ3n) is 2.74. The molecule has 0 aliphatic rings. The molecule has 0 aliphatic carbocycles. The second-order valence-corrected chi connectivity index (χ2v) is 4.36. The summed E-state index contributed by atoms with van der Waals surface area (Å²) in [6, 6.07) is 5.49. The molecule has 1 atom stereocenters. The van der Waals surface area contributed by atoms with E-state index in [1.165, 1.54) is 25.3 Å². The number of hydrogen-bond donors (Lipinski definition) is 2. The Morgan fingerprint density at radius 1 is 1.37 bits per heavy atom. The molecule has 2 aromatic rings. The van der Waals surface area contributed by atoms with E-state index in [4.69, 9.17) is 22.2 Å². The van der Waals surface area contributed by atoms with Gasteiger partial charge < -0.3 is 4.74 Å². The van der Waals surface area contributed by atoms with Gasteiger partial charge in [-0.25, -0.2) is 9.82 Å². The third-order valence-corrected chi connectivity index (χ3v) is 2.97. The summed E-state index contributed by atoms with van der Waals surface area (Å²) in [6.07, 6.45) is 3.15. The fraction of sp³-hybridized carbons (Fsp3) is 0.154. The summed E-state index contributed by atoms with van der Waals surface area (Å²) in [5.74, 6) is 5.70. The number of rotatable bonds is 4. The Balaban J connectivity index is 2.46. The average molecular weight is 282 g/mol. The van der Waals surface area contributed by atoms with Crippen LogP contribution in [0.15, 0.2) is 36.7 Å². The van der Waals surface area contributed by atoms with Gasteiger partial charge in [0.15, 0.2) is 0 Å². The van der Waals surface area contributed by atoms with Crippen LogP contribution in [0.4, 0.5) is 4.39 Å². The van der Waals surface area contributed by atoms with E-state index in [0.29, 0.717) is 21.9 Å². The molecule has 1 unspecified atom stereocenters. The minimum atomic E-state index is -0.554. The number of halogens is 2. The molecule has 1 aromatic heterocycles. The lowest BCUT2D eigenvalue weighted by molar-refractivity contribution is 0.411. The first kappa shape index (κ1) is 13.7. The first-order valence-corrected chi connectivity index (χ1v) is 5.93. The maximum absolute atomic E-state index is 13.9. The van der Waals surface area contributed by atoms with E-state index in [1.807, 2.05) is 0 Å². The summed E-state index contributed by atoms with van der Waals surface area (Å²) in [5, 5.41) is 0.438. The molecule has 4 nitrogen and oxygen atoms in total. The lowest BCUT2D eigenvalue weighted by atomic mass is 10.00. The first-order valence-electron chi connectivity index (χ1n) is 5.55. The van der Waals surface area contributed by atoms with Gasteiger partial charge in [0.2, 0.25) is 0 Å². The van der Waals surface area contributed by atoms with E-state index in [-0.39, 0.29) is 0 Å². The number of ether oxygens (including phenoxy) is 1. The number of nitrogens with one attached hydrogen (secondary N) is 1. The van der Waals surface area contributed by atoms with Crippen LogP contribution in [-0.4, -0.2) is 12.1 Å². The van der Waals surface area contributed by atoms with E-state index >= 15 is 0 Å². The van der Waals surface area contributed by atoms with E-state index in [0.717, 1.165) is 0 Å². The standard InChI is InChI=1S/C13H13ClFN3O/c1-19-10-4-8(6-17-7-10)13(18-16)11-5-9(14)2-3-12(11)15/h2-7,13,18H,16H2,1H3. The van der Waals surface area contributed by atoms with Gasteiger partial charge in [-0.2, -0.15) is 0 Å². The topological polar surface area (TPSA) is 60.2 Å². The molecule has 0 saturated heterocycles. The van der Waals surface area contributed by atoms with E-state index in [2.05, 4.69) is 10.4 Å². The molecule has 0 spiro atoms. The quantitative estimate of drug-likeness (QED) is 0.667. The van der Waals surface area contributed by atoms with Crippen LogP contribution >= 0.6 is 11.6 Å². The lowest BCUT2D eigenvalue weighted by Crippen LogP contribution is -2.29. The van der Waals surface area contributed by atoms with Crippen molar-refractivity contribution in [2.75, 3.05) is 7.11 Å². The van der Waals surface area contributed by atoms with Crippen molar-refractivity contribution < 1.29 is 9.13 Å². The van der Waals surface area contributed by atoms with Crippen molar-refractivity contribution in [3.63, 3.8) is 0 Å². The van der Waals surface area contributed by atoms with Gasteiger partial charge in [0.1, 0.15) is 11.6 Å². The summed E-state index contributed by atoms with van der Waals surface area (Å²) < 4.78 is 19.0. The molecule has 6 heteroatoms. The summed E-state index contributed by atoms with van der Waals surface area (Å²) in [7, 11) is 1.53. The second-order valence-electron chi connectivity index (χ2n) is 3.92. The maximum atomic E-state index is 13.9. The van der Waals surface area contributed by atoms with Gasteiger partial charge in [0, 0.05) is 16.8 Å². The highest BCUT2D eigenvalue weighted by Gasteiger charge is 2.18. The fourth-order valence-electron chi connectivity index (χ4n) is 1.81. The Bertz CT molecular complexity index is 580.